The summed E-state index contributed by atoms with van der Waals surface area (Å²) < 4.78 is 1.72. The van der Waals surface area contributed by atoms with E-state index in [0.29, 0.717) is 5.25 Å². The number of rotatable bonds is 2. The molecule has 0 aliphatic heterocycles. The SMILES string of the molecule is Cn1nnnc1SC1CCCCCCC1N. The number of aromatic nitrogens is 4. The Labute approximate surface area is 100 Å². The molecule has 0 spiro atoms. The van der Waals surface area contributed by atoms with Crippen molar-refractivity contribution in [3.8, 4) is 0 Å². The van der Waals surface area contributed by atoms with Gasteiger partial charge in [-0.25, -0.2) is 4.68 Å². The van der Waals surface area contributed by atoms with Crippen LogP contribution in [0.25, 0.3) is 0 Å². The summed E-state index contributed by atoms with van der Waals surface area (Å²) >= 11 is 1.73. The van der Waals surface area contributed by atoms with Gasteiger partial charge in [0.15, 0.2) is 0 Å². The summed E-state index contributed by atoms with van der Waals surface area (Å²) in [4.78, 5) is 0. The van der Waals surface area contributed by atoms with E-state index in [1.165, 1.54) is 32.1 Å². The van der Waals surface area contributed by atoms with E-state index in [9.17, 15) is 0 Å². The fourth-order valence-corrected chi connectivity index (χ4v) is 3.22. The maximum absolute atomic E-state index is 6.22. The zero-order chi connectivity index (χ0) is 11.4. The molecule has 2 atom stereocenters. The van der Waals surface area contributed by atoms with Crippen LogP contribution in [0, 0.1) is 0 Å². The Hall–Kier alpha value is -0.620. The zero-order valence-electron chi connectivity index (χ0n) is 9.67. The molecule has 1 aliphatic carbocycles. The number of hydrogen-bond donors (Lipinski definition) is 1. The predicted molar refractivity (Wildman–Crippen MR) is 64.1 cm³/mol. The third kappa shape index (κ3) is 2.95. The summed E-state index contributed by atoms with van der Waals surface area (Å²) in [5.41, 5.74) is 6.22. The van der Waals surface area contributed by atoms with Gasteiger partial charge in [0.2, 0.25) is 5.16 Å². The normalized spacial score (nSPS) is 27.4. The van der Waals surface area contributed by atoms with E-state index in [2.05, 4.69) is 15.5 Å². The van der Waals surface area contributed by atoms with Crippen molar-refractivity contribution < 1.29 is 0 Å². The molecular formula is C10H19N5S. The summed E-state index contributed by atoms with van der Waals surface area (Å²) in [6.07, 6.45) is 7.50. The fourth-order valence-electron chi connectivity index (χ4n) is 2.08. The van der Waals surface area contributed by atoms with Crippen molar-refractivity contribution in [2.45, 2.75) is 55.0 Å². The highest BCUT2D eigenvalue weighted by atomic mass is 32.2. The van der Waals surface area contributed by atoms with E-state index in [4.69, 9.17) is 5.73 Å². The van der Waals surface area contributed by atoms with Crippen molar-refractivity contribution >= 4 is 11.8 Å². The maximum Gasteiger partial charge on any atom is 0.209 e. The maximum atomic E-state index is 6.22. The highest BCUT2D eigenvalue weighted by molar-refractivity contribution is 7.99. The molecule has 1 aromatic heterocycles. The molecule has 0 bridgehead atoms. The van der Waals surface area contributed by atoms with Gasteiger partial charge < -0.3 is 5.73 Å². The molecule has 1 aliphatic rings. The molecule has 1 fully saturated rings. The molecule has 2 N–H and O–H groups in total. The molecule has 2 rings (SSSR count). The van der Waals surface area contributed by atoms with Crippen LogP contribution in [0.15, 0.2) is 5.16 Å². The Morgan fingerprint density at radius 3 is 2.69 bits per heavy atom. The van der Waals surface area contributed by atoms with Gasteiger partial charge in [0.05, 0.1) is 0 Å². The third-order valence-electron chi connectivity index (χ3n) is 3.09. The van der Waals surface area contributed by atoms with E-state index in [1.807, 2.05) is 7.05 Å². The van der Waals surface area contributed by atoms with Gasteiger partial charge in [-0.1, -0.05) is 37.4 Å². The Kier molecular flexibility index (Phi) is 4.17. The molecule has 90 valence electrons. The number of aryl methyl sites for hydroxylation is 1. The fraction of sp³-hybridized carbons (Fsp3) is 0.900. The zero-order valence-corrected chi connectivity index (χ0v) is 10.5. The first-order chi connectivity index (χ1) is 7.77. The molecule has 2 unspecified atom stereocenters. The van der Waals surface area contributed by atoms with Gasteiger partial charge in [0.1, 0.15) is 0 Å². The molecule has 1 saturated carbocycles. The molecule has 0 amide bonds. The standard InChI is InChI=1S/C10H19N5S/c1-15-10(12-13-14-15)16-9-7-5-3-2-4-6-8(9)11/h8-9H,2-7,11H2,1H3. The van der Waals surface area contributed by atoms with Crippen molar-refractivity contribution in [1.82, 2.24) is 20.2 Å². The quantitative estimate of drug-likeness (QED) is 0.846. The van der Waals surface area contributed by atoms with E-state index in [1.54, 1.807) is 16.4 Å². The number of nitrogens with zero attached hydrogens (tertiary/aromatic N) is 4. The summed E-state index contributed by atoms with van der Waals surface area (Å²) in [6, 6.07) is 0.280. The summed E-state index contributed by atoms with van der Waals surface area (Å²) in [5.74, 6) is 0. The molecule has 6 heteroatoms. The summed E-state index contributed by atoms with van der Waals surface area (Å²) in [5, 5.41) is 12.8. The number of thioether (sulfide) groups is 1. The second kappa shape index (κ2) is 5.63. The highest BCUT2D eigenvalue weighted by Crippen LogP contribution is 2.29. The largest absolute Gasteiger partial charge is 0.327 e. The minimum atomic E-state index is 0.280. The Morgan fingerprint density at radius 2 is 2.00 bits per heavy atom. The molecular weight excluding hydrogens is 222 g/mol. The lowest BCUT2D eigenvalue weighted by molar-refractivity contribution is 0.462. The number of hydrogen-bond acceptors (Lipinski definition) is 5. The Morgan fingerprint density at radius 1 is 1.25 bits per heavy atom. The van der Waals surface area contributed by atoms with E-state index in [0.717, 1.165) is 11.6 Å². The van der Waals surface area contributed by atoms with Gasteiger partial charge in [-0.05, 0) is 23.3 Å². The van der Waals surface area contributed by atoms with Crippen LogP contribution in [-0.2, 0) is 7.05 Å². The monoisotopic (exact) mass is 241 g/mol. The lowest BCUT2D eigenvalue weighted by Crippen LogP contribution is -2.33. The van der Waals surface area contributed by atoms with Gasteiger partial charge in [0.25, 0.3) is 0 Å². The molecule has 0 saturated heterocycles. The molecule has 0 aromatic carbocycles. The van der Waals surface area contributed by atoms with Crippen LogP contribution in [0.4, 0.5) is 0 Å². The van der Waals surface area contributed by atoms with E-state index >= 15 is 0 Å². The van der Waals surface area contributed by atoms with Crippen molar-refractivity contribution in [3.05, 3.63) is 0 Å². The molecule has 1 aromatic rings. The third-order valence-corrected chi connectivity index (χ3v) is 4.54. The molecule has 1 heterocycles. The van der Waals surface area contributed by atoms with Crippen LogP contribution in [0.1, 0.15) is 38.5 Å². The van der Waals surface area contributed by atoms with Gasteiger partial charge in [0, 0.05) is 18.3 Å². The van der Waals surface area contributed by atoms with Crippen molar-refractivity contribution in [3.63, 3.8) is 0 Å². The van der Waals surface area contributed by atoms with Gasteiger partial charge in [-0.2, -0.15) is 0 Å². The summed E-state index contributed by atoms with van der Waals surface area (Å²) in [6.45, 7) is 0. The Balaban J connectivity index is 1.98. The van der Waals surface area contributed by atoms with E-state index in [-0.39, 0.29) is 6.04 Å². The lowest BCUT2D eigenvalue weighted by Gasteiger charge is -2.24. The average molecular weight is 241 g/mol. The first-order valence-electron chi connectivity index (χ1n) is 5.92. The minimum Gasteiger partial charge on any atom is -0.327 e. The van der Waals surface area contributed by atoms with Gasteiger partial charge >= 0.3 is 0 Å². The first-order valence-corrected chi connectivity index (χ1v) is 6.80. The predicted octanol–water partition coefficient (Wildman–Crippen LogP) is 1.35. The first kappa shape index (κ1) is 11.9. The van der Waals surface area contributed by atoms with Crippen LogP contribution in [-0.4, -0.2) is 31.5 Å². The van der Waals surface area contributed by atoms with Crippen LogP contribution in [0.2, 0.25) is 0 Å². The van der Waals surface area contributed by atoms with Crippen molar-refractivity contribution in [2.75, 3.05) is 0 Å². The van der Waals surface area contributed by atoms with Crippen LogP contribution >= 0.6 is 11.8 Å². The number of tetrazole rings is 1. The van der Waals surface area contributed by atoms with Crippen LogP contribution in [0.3, 0.4) is 0 Å². The molecule has 5 nitrogen and oxygen atoms in total. The second-order valence-corrected chi connectivity index (χ2v) is 5.60. The van der Waals surface area contributed by atoms with Gasteiger partial charge in [-0.15, -0.1) is 5.10 Å². The minimum absolute atomic E-state index is 0.280. The average Bonchev–Trinajstić information content (AvgIpc) is 2.64. The van der Waals surface area contributed by atoms with Gasteiger partial charge in [-0.3, -0.25) is 0 Å². The lowest BCUT2D eigenvalue weighted by atomic mass is 9.97. The summed E-state index contributed by atoms with van der Waals surface area (Å²) in [7, 11) is 1.87. The molecule has 0 radical (unpaired) electrons. The van der Waals surface area contributed by atoms with E-state index < -0.39 is 0 Å². The van der Waals surface area contributed by atoms with Crippen molar-refractivity contribution in [1.29, 1.82) is 0 Å². The van der Waals surface area contributed by atoms with Crippen LogP contribution in [0.5, 0.6) is 0 Å². The highest BCUT2D eigenvalue weighted by Gasteiger charge is 2.22. The second-order valence-electron chi connectivity index (χ2n) is 4.40. The molecule has 16 heavy (non-hydrogen) atoms. The van der Waals surface area contributed by atoms with Crippen LogP contribution < -0.4 is 5.73 Å². The van der Waals surface area contributed by atoms with Crippen molar-refractivity contribution in [2.24, 2.45) is 12.8 Å². The Bertz CT molecular complexity index is 327. The topological polar surface area (TPSA) is 69.6 Å². The number of nitrogens with two attached hydrogens (primary N) is 1. The smallest absolute Gasteiger partial charge is 0.209 e.